The highest BCUT2D eigenvalue weighted by atomic mass is 16.5. The Morgan fingerprint density at radius 2 is 1.92 bits per heavy atom. The van der Waals surface area contributed by atoms with E-state index in [0.29, 0.717) is 37.3 Å². The summed E-state index contributed by atoms with van der Waals surface area (Å²) in [5, 5.41) is 0.889. The number of methoxy groups -OCH3 is 1. The number of nitrogens with zero attached hydrogens (tertiary/aromatic N) is 2. The molecule has 0 bridgehead atoms. The monoisotopic (exact) mass is 344 g/mol. The van der Waals surface area contributed by atoms with Crippen LogP contribution in [0.1, 0.15) is 29.0 Å². The first-order valence-electron chi connectivity index (χ1n) is 8.50. The summed E-state index contributed by atoms with van der Waals surface area (Å²) in [6.45, 7) is 3.03. The summed E-state index contributed by atoms with van der Waals surface area (Å²) in [6, 6.07) is 5.52. The highest BCUT2D eigenvalue weighted by Gasteiger charge is 2.30. The number of amides is 2. The second kappa shape index (κ2) is 6.78. The van der Waals surface area contributed by atoms with Gasteiger partial charge in [-0.25, -0.2) is 0 Å². The van der Waals surface area contributed by atoms with Gasteiger partial charge in [0.1, 0.15) is 11.3 Å². The predicted molar refractivity (Wildman–Crippen MR) is 94.8 cm³/mol. The number of hydrogen-bond acceptors (Lipinski definition) is 4. The van der Waals surface area contributed by atoms with Crippen LogP contribution in [-0.4, -0.2) is 55.9 Å². The molecule has 6 heteroatoms. The molecule has 1 saturated heterocycles. The van der Waals surface area contributed by atoms with Gasteiger partial charge in [-0.05, 0) is 38.0 Å². The number of fused-ring (bicyclic) bond motifs is 1. The summed E-state index contributed by atoms with van der Waals surface area (Å²) in [4.78, 5) is 28.3. The lowest BCUT2D eigenvalue weighted by atomic mass is 9.95. The van der Waals surface area contributed by atoms with Gasteiger partial charge in [-0.3, -0.25) is 9.59 Å². The van der Waals surface area contributed by atoms with Crippen molar-refractivity contribution in [1.29, 1.82) is 0 Å². The summed E-state index contributed by atoms with van der Waals surface area (Å²) < 4.78 is 11.0. The van der Waals surface area contributed by atoms with Crippen molar-refractivity contribution < 1.29 is 18.7 Å². The molecule has 0 spiro atoms. The molecule has 0 aliphatic carbocycles. The van der Waals surface area contributed by atoms with Crippen LogP contribution in [0, 0.1) is 12.8 Å². The first kappa shape index (κ1) is 17.3. The van der Waals surface area contributed by atoms with E-state index in [-0.39, 0.29) is 17.7 Å². The lowest BCUT2D eigenvalue weighted by molar-refractivity contribution is -0.134. The molecule has 25 heavy (non-hydrogen) atoms. The van der Waals surface area contributed by atoms with Crippen LogP contribution in [0.4, 0.5) is 0 Å². The van der Waals surface area contributed by atoms with E-state index in [1.807, 2.05) is 25.1 Å². The van der Waals surface area contributed by atoms with E-state index in [1.165, 1.54) is 0 Å². The zero-order chi connectivity index (χ0) is 18.1. The molecular weight excluding hydrogens is 320 g/mol. The average Bonchev–Trinajstić information content (AvgIpc) is 2.96. The van der Waals surface area contributed by atoms with Crippen LogP contribution in [-0.2, 0) is 4.79 Å². The molecular formula is C19H24N2O4. The lowest BCUT2D eigenvalue weighted by Crippen LogP contribution is -2.42. The summed E-state index contributed by atoms with van der Waals surface area (Å²) in [6.07, 6.45) is 1.38. The van der Waals surface area contributed by atoms with Crippen LogP contribution >= 0.6 is 0 Å². The van der Waals surface area contributed by atoms with Crippen molar-refractivity contribution >= 4 is 22.8 Å². The minimum Gasteiger partial charge on any atom is -0.497 e. The van der Waals surface area contributed by atoms with E-state index in [1.54, 1.807) is 31.0 Å². The minimum atomic E-state index is -0.108. The molecule has 6 nitrogen and oxygen atoms in total. The van der Waals surface area contributed by atoms with Gasteiger partial charge in [0, 0.05) is 44.1 Å². The Morgan fingerprint density at radius 1 is 1.24 bits per heavy atom. The fourth-order valence-corrected chi connectivity index (χ4v) is 3.37. The van der Waals surface area contributed by atoms with Gasteiger partial charge in [0.2, 0.25) is 5.91 Å². The predicted octanol–water partition coefficient (Wildman–Crippen LogP) is 2.69. The maximum absolute atomic E-state index is 12.9. The zero-order valence-electron chi connectivity index (χ0n) is 15.2. The number of carbonyl (C=O) groups excluding carboxylic acids is 2. The molecule has 0 unspecified atom stereocenters. The van der Waals surface area contributed by atoms with Crippen LogP contribution in [0.25, 0.3) is 11.0 Å². The van der Waals surface area contributed by atoms with Gasteiger partial charge in [0.25, 0.3) is 5.91 Å². The molecule has 2 amide bonds. The van der Waals surface area contributed by atoms with Crippen molar-refractivity contribution in [3.63, 3.8) is 0 Å². The Hall–Kier alpha value is -2.50. The highest BCUT2D eigenvalue weighted by Crippen LogP contribution is 2.30. The topological polar surface area (TPSA) is 63.0 Å². The Kier molecular flexibility index (Phi) is 4.70. The highest BCUT2D eigenvalue weighted by molar-refractivity contribution is 5.99. The molecule has 0 radical (unpaired) electrons. The lowest BCUT2D eigenvalue weighted by Gasteiger charge is -2.32. The number of rotatable bonds is 3. The Balaban J connectivity index is 1.77. The van der Waals surface area contributed by atoms with E-state index in [2.05, 4.69) is 0 Å². The minimum absolute atomic E-state index is 0.0000753. The fourth-order valence-electron chi connectivity index (χ4n) is 3.37. The molecule has 2 heterocycles. The van der Waals surface area contributed by atoms with Crippen molar-refractivity contribution in [3.05, 3.63) is 29.5 Å². The number of benzene rings is 1. The zero-order valence-corrected chi connectivity index (χ0v) is 15.2. The molecule has 0 N–H and O–H groups in total. The molecule has 2 aromatic rings. The van der Waals surface area contributed by atoms with Gasteiger partial charge in [0.15, 0.2) is 5.76 Å². The van der Waals surface area contributed by atoms with Gasteiger partial charge in [-0.15, -0.1) is 0 Å². The van der Waals surface area contributed by atoms with Crippen molar-refractivity contribution in [2.24, 2.45) is 5.92 Å². The average molecular weight is 344 g/mol. The molecule has 0 saturated carbocycles. The van der Waals surface area contributed by atoms with Gasteiger partial charge in [-0.2, -0.15) is 0 Å². The van der Waals surface area contributed by atoms with Gasteiger partial charge in [0.05, 0.1) is 7.11 Å². The Labute approximate surface area is 147 Å². The van der Waals surface area contributed by atoms with Crippen LogP contribution in [0.2, 0.25) is 0 Å². The van der Waals surface area contributed by atoms with Gasteiger partial charge in [-0.1, -0.05) is 0 Å². The molecule has 0 atom stereocenters. The van der Waals surface area contributed by atoms with E-state index in [4.69, 9.17) is 9.15 Å². The third-order valence-electron chi connectivity index (χ3n) is 4.91. The second-order valence-corrected chi connectivity index (χ2v) is 6.72. The summed E-state index contributed by atoms with van der Waals surface area (Å²) in [5.74, 6) is 1.14. The smallest absolute Gasteiger partial charge is 0.289 e. The number of piperidine rings is 1. The number of ether oxygens (including phenoxy) is 1. The molecule has 1 fully saturated rings. The van der Waals surface area contributed by atoms with Crippen molar-refractivity contribution in [1.82, 2.24) is 9.80 Å². The molecule has 134 valence electrons. The van der Waals surface area contributed by atoms with E-state index < -0.39 is 0 Å². The molecule has 1 aromatic carbocycles. The Morgan fingerprint density at radius 3 is 2.52 bits per heavy atom. The van der Waals surface area contributed by atoms with E-state index in [9.17, 15) is 9.59 Å². The summed E-state index contributed by atoms with van der Waals surface area (Å²) >= 11 is 0. The maximum atomic E-state index is 12.9. The summed E-state index contributed by atoms with van der Waals surface area (Å²) in [5.41, 5.74) is 1.50. The molecule has 1 aromatic heterocycles. The number of hydrogen-bond donors (Lipinski definition) is 0. The maximum Gasteiger partial charge on any atom is 0.289 e. The third kappa shape index (κ3) is 3.21. The largest absolute Gasteiger partial charge is 0.497 e. The van der Waals surface area contributed by atoms with Gasteiger partial charge < -0.3 is 19.0 Å². The van der Waals surface area contributed by atoms with Crippen LogP contribution < -0.4 is 4.74 Å². The molecule has 1 aliphatic heterocycles. The Bertz CT molecular complexity index is 801. The first-order chi connectivity index (χ1) is 11.9. The molecule has 3 rings (SSSR count). The second-order valence-electron chi connectivity index (χ2n) is 6.72. The van der Waals surface area contributed by atoms with Crippen LogP contribution in [0.5, 0.6) is 5.75 Å². The number of furan rings is 1. The summed E-state index contributed by atoms with van der Waals surface area (Å²) in [7, 11) is 5.15. The normalized spacial score (nSPS) is 15.4. The van der Waals surface area contributed by atoms with Crippen molar-refractivity contribution in [2.75, 3.05) is 34.3 Å². The van der Waals surface area contributed by atoms with E-state index >= 15 is 0 Å². The quantitative estimate of drug-likeness (QED) is 0.859. The van der Waals surface area contributed by atoms with E-state index in [0.717, 1.165) is 16.7 Å². The fraction of sp³-hybridized carbons (Fsp3) is 0.474. The molecule has 1 aliphatic rings. The van der Waals surface area contributed by atoms with Crippen molar-refractivity contribution in [2.45, 2.75) is 19.8 Å². The van der Waals surface area contributed by atoms with Crippen molar-refractivity contribution in [3.8, 4) is 5.75 Å². The number of likely N-dealkylation sites (tertiary alicyclic amines) is 1. The number of carbonyl (C=O) groups is 2. The van der Waals surface area contributed by atoms with Gasteiger partial charge >= 0.3 is 0 Å². The first-order valence-corrected chi connectivity index (χ1v) is 8.50. The number of aryl methyl sites for hydroxylation is 1. The van der Waals surface area contributed by atoms with Crippen LogP contribution in [0.15, 0.2) is 22.6 Å². The third-order valence-corrected chi connectivity index (χ3v) is 4.91. The van der Waals surface area contributed by atoms with Crippen LogP contribution in [0.3, 0.4) is 0 Å². The standard InChI is InChI=1S/C19H24N2O4/c1-12-15-11-14(24-4)5-6-16(15)25-17(12)19(23)21-9-7-13(8-10-21)18(22)20(2)3/h5-6,11,13H,7-10H2,1-4H3. The SMILES string of the molecule is COc1ccc2oc(C(=O)N3CCC(C(=O)N(C)C)CC3)c(C)c2c1.